The molecule has 3 nitrogen and oxygen atoms in total. The zero-order chi connectivity index (χ0) is 10.9. The lowest BCUT2D eigenvalue weighted by atomic mass is 10.1. The lowest BCUT2D eigenvalue weighted by Crippen LogP contribution is -2.40. The molecule has 1 aromatic rings. The third-order valence-electron chi connectivity index (χ3n) is 2.73. The molecule has 0 spiro atoms. The number of hydrogen-bond donors (Lipinski definition) is 2. The molecule has 1 fully saturated rings. The first-order chi connectivity index (χ1) is 7.16. The predicted molar refractivity (Wildman–Crippen MR) is 62.6 cm³/mol. The molecule has 2 N–H and O–H groups in total. The summed E-state index contributed by atoms with van der Waals surface area (Å²) < 4.78 is 1.06. The summed E-state index contributed by atoms with van der Waals surface area (Å²) in [5, 5.41) is 5.57. The van der Waals surface area contributed by atoms with E-state index in [1.54, 1.807) is 7.05 Å². The van der Waals surface area contributed by atoms with Crippen molar-refractivity contribution in [3.05, 3.63) is 34.3 Å². The molecule has 0 heterocycles. The van der Waals surface area contributed by atoms with E-state index in [-0.39, 0.29) is 11.6 Å². The minimum atomic E-state index is -0.124. The highest BCUT2D eigenvalue weighted by atomic mass is 79.9. The molecule has 0 radical (unpaired) electrons. The number of carbonyl (C=O) groups excluding carboxylic acids is 1. The molecule has 1 saturated carbocycles. The Bertz CT molecular complexity index is 371. The molecule has 2 amide bonds. The molecule has 80 valence electrons. The summed E-state index contributed by atoms with van der Waals surface area (Å²) in [6.45, 7) is 0. The van der Waals surface area contributed by atoms with E-state index in [1.165, 1.54) is 5.56 Å². The lowest BCUT2D eigenvalue weighted by Gasteiger charge is -2.17. The number of benzene rings is 1. The van der Waals surface area contributed by atoms with Crippen LogP contribution in [0.15, 0.2) is 28.7 Å². The number of rotatable bonds is 2. The van der Waals surface area contributed by atoms with Crippen molar-refractivity contribution in [2.75, 3.05) is 7.05 Å². The molecule has 0 aromatic heterocycles. The zero-order valence-electron chi connectivity index (χ0n) is 8.51. The summed E-state index contributed by atoms with van der Waals surface area (Å²) in [5.74, 6) is 0. The first kappa shape index (κ1) is 10.5. The fourth-order valence-electron chi connectivity index (χ4n) is 1.66. The van der Waals surface area contributed by atoms with Gasteiger partial charge in [0.25, 0.3) is 0 Å². The van der Waals surface area contributed by atoms with Crippen LogP contribution in [-0.2, 0) is 5.54 Å². The number of amides is 2. The highest BCUT2D eigenvalue weighted by molar-refractivity contribution is 9.10. The van der Waals surface area contributed by atoms with E-state index in [9.17, 15) is 4.79 Å². The summed E-state index contributed by atoms with van der Waals surface area (Å²) in [6.07, 6.45) is 2.03. The van der Waals surface area contributed by atoms with Crippen molar-refractivity contribution in [3.8, 4) is 0 Å². The summed E-state index contributed by atoms with van der Waals surface area (Å²) >= 11 is 3.40. The molecule has 0 atom stereocenters. The van der Waals surface area contributed by atoms with Gasteiger partial charge in [-0.2, -0.15) is 0 Å². The van der Waals surface area contributed by atoms with E-state index >= 15 is 0 Å². The average molecular weight is 269 g/mol. The van der Waals surface area contributed by atoms with Gasteiger partial charge in [0.1, 0.15) is 0 Å². The van der Waals surface area contributed by atoms with Crippen molar-refractivity contribution < 1.29 is 4.79 Å². The van der Waals surface area contributed by atoms with Crippen molar-refractivity contribution in [1.29, 1.82) is 0 Å². The van der Waals surface area contributed by atoms with Gasteiger partial charge >= 0.3 is 6.03 Å². The van der Waals surface area contributed by atoms with Crippen LogP contribution < -0.4 is 10.6 Å². The van der Waals surface area contributed by atoms with Crippen molar-refractivity contribution in [2.24, 2.45) is 0 Å². The molecule has 4 heteroatoms. The standard InChI is InChI=1S/C11H13BrN2O/c1-13-10(15)14-11(6-7-11)8-2-4-9(12)5-3-8/h2-5H,6-7H2,1H3,(H2,13,14,15). The van der Waals surface area contributed by atoms with E-state index in [1.807, 2.05) is 24.3 Å². The Morgan fingerprint density at radius 3 is 2.40 bits per heavy atom. The highest BCUT2D eigenvalue weighted by Gasteiger charge is 2.45. The second-order valence-corrected chi connectivity index (χ2v) is 4.71. The van der Waals surface area contributed by atoms with Crippen LogP contribution in [0.3, 0.4) is 0 Å². The van der Waals surface area contributed by atoms with Gasteiger partial charge in [-0.1, -0.05) is 28.1 Å². The van der Waals surface area contributed by atoms with Gasteiger partial charge in [0.05, 0.1) is 5.54 Å². The Labute approximate surface area is 97.4 Å². The van der Waals surface area contributed by atoms with Crippen LogP contribution >= 0.6 is 15.9 Å². The van der Waals surface area contributed by atoms with Crippen LogP contribution in [-0.4, -0.2) is 13.1 Å². The Balaban J connectivity index is 2.16. The van der Waals surface area contributed by atoms with Crippen molar-refractivity contribution >= 4 is 22.0 Å². The maximum atomic E-state index is 11.3. The lowest BCUT2D eigenvalue weighted by molar-refractivity contribution is 0.238. The number of hydrogen-bond acceptors (Lipinski definition) is 1. The van der Waals surface area contributed by atoms with Gasteiger partial charge in [-0.15, -0.1) is 0 Å². The smallest absolute Gasteiger partial charge is 0.315 e. The SMILES string of the molecule is CNC(=O)NC1(c2ccc(Br)cc2)CC1. The number of nitrogens with one attached hydrogen (secondary N) is 2. The van der Waals surface area contributed by atoms with Gasteiger partial charge in [0.2, 0.25) is 0 Å². The molecule has 0 bridgehead atoms. The van der Waals surface area contributed by atoms with Gasteiger partial charge in [0, 0.05) is 11.5 Å². The molecule has 0 unspecified atom stereocenters. The van der Waals surface area contributed by atoms with Crippen LogP contribution in [0.1, 0.15) is 18.4 Å². The van der Waals surface area contributed by atoms with Crippen molar-refractivity contribution in [2.45, 2.75) is 18.4 Å². The van der Waals surface area contributed by atoms with Crippen molar-refractivity contribution in [1.82, 2.24) is 10.6 Å². The molecule has 0 saturated heterocycles. The third kappa shape index (κ3) is 2.15. The maximum Gasteiger partial charge on any atom is 0.315 e. The Morgan fingerprint density at radius 1 is 1.33 bits per heavy atom. The van der Waals surface area contributed by atoms with E-state index in [0.29, 0.717) is 0 Å². The Hall–Kier alpha value is -1.03. The predicted octanol–water partition coefficient (Wildman–Crippen LogP) is 2.37. The molecular weight excluding hydrogens is 256 g/mol. The van der Waals surface area contributed by atoms with E-state index in [2.05, 4.69) is 26.6 Å². The second-order valence-electron chi connectivity index (χ2n) is 3.79. The minimum Gasteiger partial charge on any atom is -0.341 e. The topological polar surface area (TPSA) is 41.1 Å². The summed E-state index contributed by atoms with van der Waals surface area (Å²) in [7, 11) is 1.63. The molecule has 15 heavy (non-hydrogen) atoms. The Kier molecular flexibility index (Phi) is 2.69. The van der Waals surface area contributed by atoms with Gasteiger partial charge < -0.3 is 10.6 Å². The number of halogens is 1. The van der Waals surface area contributed by atoms with Gasteiger partial charge in [-0.05, 0) is 30.5 Å². The summed E-state index contributed by atoms with van der Waals surface area (Å²) in [6, 6.07) is 7.98. The molecule has 1 aliphatic rings. The van der Waals surface area contributed by atoms with Crippen LogP contribution in [0, 0.1) is 0 Å². The van der Waals surface area contributed by atoms with Crippen LogP contribution in [0.25, 0.3) is 0 Å². The van der Waals surface area contributed by atoms with Gasteiger partial charge in [0.15, 0.2) is 0 Å². The molecule has 2 rings (SSSR count). The fraction of sp³-hybridized carbons (Fsp3) is 0.364. The van der Waals surface area contributed by atoms with E-state index in [0.717, 1.165) is 17.3 Å². The molecular formula is C11H13BrN2O. The quantitative estimate of drug-likeness (QED) is 0.850. The normalized spacial score (nSPS) is 16.9. The monoisotopic (exact) mass is 268 g/mol. The highest BCUT2D eigenvalue weighted by Crippen LogP contribution is 2.45. The molecule has 1 aliphatic carbocycles. The van der Waals surface area contributed by atoms with Crippen LogP contribution in [0.5, 0.6) is 0 Å². The van der Waals surface area contributed by atoms with Crippen LogP contribution in [0.2, 0.25) is 0 Å². The number of urea groups is 1. The zero-order valence-corrected chi connectivity index (χ0v) is 10.1. The Morgan fingerprint density at radius 2 is 1.93 bits per heavy atom. The minimum absolute atomic E-state index is 0.115. The number of carbonyl (C=O) groups is 1. The average Bonchev–Trinajstić information content (AvgIpc) is 3.00. The van der Waals surface area contributed by atoms with Gasteiger partial charge in [-0.3, -0.25) is 0 Å². The van der Waals surface area contributed by atoms with E-state index < -0.39 is 0 Å². The molecule has 1 aromatic carbocycles. The summed E-state index contributed by atoms with van der Waals surface area (Å²) in [5.41, 5.74) is 1.05. The van der Waals surface area contributed by atoms with Crippen molar-refractivity contribution in [3.63, 3.8) is 0 Å². The largest absolute Gasteiger partial charge is 0.341 e. The fourth-order valence-corrected chi connectivity index (χ4v) is 1.92. The summed E-state index contributed by atoms with van der Waals surface area (Å²) in [4.78, 5) is 11.3. The third-order valence-corrected chi connectivity index (χ3v) is 3.26. The molecule has 0 aliphatic heterocycles. The first-order valence-corrected chi connectivity index (χ1v) is 5.71. The second kappa shape index (κ2) is 3.85. The van der Waals surface area contributed by atoms with E-state index in [4.69, 9.17) is 0 Å². The maximum absolute atomic E-state index is 11.3. The van der Waals surface area contributed by atoms with Gasteiger partial charge in [-0.25, -0.2) is 4.79 Å². The van der Waals surface area contributed by atoms with Crippen LogP contribution in [0.4, 0.5) is 4.79 Å². The first-order valence-electron chi connectivity index (χ1n) is 4.92.